The van der Waals surface area contributed by atoms with Crippen LogP contribution in [0.2, 0.25) is 0 Å². The molecule has 0 unspecified atom stereocenters. The summed E-state index contributed by atoms with van der Waals surface area (Å²) in [5, 5.41) is 0.910. The van der Waals surface area contributed by atoms with Gasteiger partial charge in [-0.15, -0.1) is 0 Å². The fourth-order valence-electron chi connectivity index (χ4n) is 2.49. The first-order valence-corrected chi connectivity index (χ1v) is 7.44. The fraction of sp³-hybridized carbons (Fsp3) is 0.158. The van der Waals surface area contributed by atoms with Crippen molar-refractivity contribution in [2.45, 2.75) is 6.54 Å². The maximum atomic E-state index is 12.3. The molecule has 0 saturated carbocycles. The van der Waals surface area contributed by atoms with Gasteiger partial charge in [-0.2, -0.15) is 0 Å². The number of allylic oxidation sites excluding steroid dienone is 1. The Hall–Kier alpha value is -2.40. The van der Waals surface area contributed by atoms with E-state index < -0.39 is 0 Å². The van der Waals surface area contributed by atoms with Gasteiger partial charge in [-0.05, 0) is 24.3 Å². The highest BCUT2D eigenvalue weighted by atomic mass is 79.9. The van der Waals surface area contributed by atoms with Gasteiger partial charge in [0.15, 0.2) is 18.9 Å². The van der Waals surface area contributed by atoms with E-state index in [-0.39, 0.29) is 22.6 Å². The molecule has 24 heavy (non-hydrogen) atoms. The molecular formula is C19H19BrN2O2. The first-order chi connectivity index (χ1) is 11.1. The lowest BCUT2D eigenvalue weighted by Crippen LogP contribution is -3.00. The number of anilines is 1. The Morgan fingerprint density at radius 2 is 1.88 bits per heavy atom. The van der Waals surface area contributed by atoms with Gasteiger partial charge in [-0.25, -0.2) is 9.36 Å². The summed E-state index contributed by atoms with van der Waals surface area (Å²) in [5.74, 6) is 0. The highest BCUT2D eigenvalue weighted by Gasteiger charge is 2.10. The van der Waals surface area contributed by atoms with Crippen LogP contribution in [-0.2, 0) is 6.54 Å². The molecule has 0 spiro atoms. The molecular weight excluding hydrogens is 368 g/mol. The van der Waals surface area contributed by atoms with Gasteiger partial charge in [0.05, 0.1) is 5.56 Å². The van der Waals surface area contributed by atoms with Crippen molar-refractivity contribution in [3.05, 3.63) is 71.9 Å². The summed E-state index contributed by atoms with van der Waals surface area (Å²) >= 11 is 0. The van der Waals surface area contributed by atoms with Crippen molar-refractivity contribution in [2.75, 3.05) is 19.0 Å². The van der Waals surface area contributed by atoms with Gasteiger partial charge in [0.25, 0.3) is 0 Å². The van der Waals surface area contributed by atoms with E-state index in [1.54, 1.807) is 0 Å². The second-order valence-electron chi connectivity index (χ2n) is 5.64. The fourth-order valence-corrected chi connectivity index (χ4v) is 2.49. The number of fused-ring (bicyclic) bond motifs is 1. The van der Waals surface area contributed by atoms with Crippen LogP contribution in [0.1, 0.15) is 0 Å². The number of pyridine rings is 1. The zero-order chi connectivity index (χ0) is 16.4. The number of benzene rings is 1. The molecule has 4 nitrogen and oxygen atoms in total. The highest BCUT2D eigenvalue weighted by molar-refractivity contribution is 5.84. The van der Waals surface area contributed by atoms with Crippen LogP contribution in [0.15, 0.2) is 70.7 Å². The molecule has 0 fully saturated rings. The first kappa shape index (κ1) is 17.9. The SMILES string of the molecule is C=CC[n+]1ccc(-c2cc3ccc(N(C)C)cc3oc2=O)cc1.[Br-]. The van der Waals surface area contributed by atoms with Crippen molar-refractivity contribution in [3.63, 3.8) is 0 Å². The average Bonchev–Trinajstić information content (AvgIpc) is 2.55. The van der Waals surface area contributed by atoms with E-state index in [9.17, 15) is 4.79 Å². The van der Waals surface area contributed by atoms with E-state index in [4.69, 9.17) is 4.42 Å². The van der Waals surface area contributed by atoms with Gasteiger partial charge in [0.2, 0.25) is 0 Å². The zero-order valence-electron chi connectivity index (χ0n) is 13.7. The van der Waals surface area contributed by atoms with E-state index >= 15 is 0 Å². The molecule has 2 aromatic heterocycles. The van der Waals surface area contributed by atoms with Gasteiger partial charge in [-0.3, -0.25) is 0 Å². The van der Waals surface area contributed by atoms with E-state index in [0.29, 0.717) is 11.1 Å². The van der Waals surface area contributed by atoms with Crippen LogP contribution in [-0.4, -0.2) is 14.1 Å². The van der Waals surface area contributed by atoms with E-state index in [0.717, 1.165) is 23.2 Å². The average molecular weight is 387 g/mol. The van der Waals surface area contributed by atoms with Gasteiger partial charge in [0.1, 0.15) is 5.58 Å². The number of hydrogen-bond acceptors (Lipinski definition) is 3. The predicted octanol–water partition coefficient (Wildman–Crippen LogP) is 0.00350. The predicted molar refractivity (Wildman–Crippen MR) is 92.6 cm³/mol. The Labute approximate surface area is 151 Å². The summed E-state index contributed by atoms with van der Waals surface area (Å²) in [5.41, 5.74) is 2.69. The number of aromatic nitrogens is 1. The Bertz CT molecular complexity index is 915. The minimum atomic E-state index is -0.324. The third-order valence-electron chi connectivity index (χ3n) is 3.78. The Morgan fingerprint density at radius 3 is 2.50 bits per heavy atom. The zero-order valence-corrected chi connectivity index (χ0v) is 15.3. The third-order valence-corrected chi connectivity index (χ3v) is 3.78. The van der Waals surface area contributed by atoms with Gasteiger partial charge in [-0.1, -0.05) is 6.58 Å². The largest absolute Gasteiger partial charge is 1.00 e. The molecule has 0 atom stereocenters. The number of rotatable bonds is 4. The molecule has 3 rings (SSSR count). The second-order valence-corrected chi connectivity index (χ2v) is 5.64. The summed E-state index contributed by atoms with van der Waals surface area (Å²) in [6, 6.07) is 11.6. The topological polar surface area (TPSA) is 37.3 Å². The van der Waals surface area contributed by atoms with Crippen LogP contribution >= 0.6 is 0 Å². The van der Waals surface area contributed by atoms with Crippen LogP contribution < -0.4 is 32.1 Å². The summed E-state index contributed by atoms with van der Waals surface area (Å²) in [7, 11) is 3.91. The molecule has 0 N–H and O–H groups in total. The van der Waals surface area contributed by atoms with Crippen molar-refractivity contribution in [2.24, 2.45) is 0 Å². The Kier molecular flexibility index (Phi) is 5.57. The smallest absolute Gasteiger partial charge is 0.344 e. The molecule has 0 aliphatic rings. The van der Waals surface area contributed by atoms with Crippen molar-refractivity contribution in [1.82, 2.24) is 0 Å². The molecule has 124 valence electrons. The monoisotopic (exact) mass is 386 g/mol. The summed E-state index contributed by atoms with van der Waals surface area (Å²) in [4.78, 5) is 14.3. The maximum absolute atomic E-state index is 12.3. The van der Waals surface area contributed by atoms with E-state index in [1.807, 2.05) is 78.4 Å². The van der Waals surface area contributed by atoms with Crippen molar-refractivity contribution in [3.8, 4) is 11.1 Å². The molecule has 1 aromatic carbocycles. The Balaban J connectivity index is 0.00000208. The molecule has 0 aliphatic heterocycles. The lowest BCUT2D eigenvalue weighted by molar-refractivity contribution is -0.686. The second kappa shape index (κ2) is 7.45. The lowest BCUT2D eigenvalue weighted by Gasteiger charge is -2.12. The lowest BCUT2D eigenvalue weighted by atomic mass is 10.1. The number of halogens is 1. The molecule has 0 aliphatic carbocycles. The molecule has 5 heteroatoms. The number of nitrogens with zero attached hydrogens (tertiary/aromatic N) is 2. The third kappa shape index (κ3) is 3.57. The molecule has 0 saturated heterocycles. The van der Waals surface area contributed by atoms with Crippen molar-refractivity contribution >= 4 is 16.7 Å². The van der Waals surface area contributed by atoms with E-state index in [1.165, 1.54) is 0 Å². The first-order valence-electron chi connectivity index (χ1n) is 7.44. The summed E-state index contributed by atoms with van der Waals surface area (Å²) < 4.78 is 7.50. The standard InChI is InChI=1S/C19H19N2O2.BrH/c1-4-9-21-10-7-14(8-11-21)17-12-15-5-6-16(20(2)3)13-18(15)23-19(17)22;/h4-8,10-13H,1,9H2,2-3H3;1H/q+1;/p-1. The van der Waals surface area contributed by atoms with Gasteiger partial charge < -0.3 is 26.3 Å². The Morgan fingerprint density at radius 1 is 1.17 bits per heavy atom. The highest BCUT2D eigenvalue weighted by Crippen LogP contribution is 2.23. The summed E-state index contributed by atoms with van der Waals surface area (Å²) in [6.45, 7) is 4.45. The molecule has 0 radical (unpaired) electrons. The minimum absolute atomic E-state index is 0. The van der Waals surface area contributed by atoms with Crippen LogP contribution in [0.25, 0.3) is 22.1 Å². The van der Waals surface area contributed by atoms with Gasteiger partial charge >= 0.3 is 5.63 Å². The number of hydrogen-bond donors (Lipinski definition) is 0. The quantitative estimate of drug-likeness (QED) is 0.360. The van der Waals surface area contributed by atoms with Crippen LogP contribution in [0.4, 0.5) is 5.69 Å². The molecule has 0 amide bonds. The maximum Gasteiger partial charge on any atom is 0.344 e. The molecule has 2 heterocycles. The van der Waals surface area contributed by atoms with Crippen molar-refractivity contribution in [1.29, 1.82) is 0 Å². The van der Waals surface area contributed by atoms with Gasteiger partial charge in [0, 0.05) is 48.9 Å². The van der Waals surface area contributed by atoms with Crippen LogP contribution in [0, 0.1) is 0 Å². The van der Waals surface area contributed by atoms with E-state index in [2.05, 4.69) is 6.58 Å². The van der Waals surface area contributed by atoms with Crippen LogP contribution in [0.3, 0.4) is 0 Å². The minimum Gasteiger partial charge on any atom is -1.00 e. The molecule has 0 bridgehead atoms. The normalized spacial score (nSPS) is 10.2. The van der Waals surface area contributed by atoms with Crippen LogP contribution in [0.5, 0.6) is 0 Å². The summed E-state index contributed by atoms with van der Waals surface area (Å²) in [6.07, 6.45) is 5.68. The van der Waals surface area contributed by atoms with Crippen molar-refractivity contribution < 1.29 is 26.0 Å². The molecule has 3 aromatic rings.